The fraction of sp³-hybridized carbons (Fsp3) is 0.870. The quantitative estimate of drug-likeness (QED) is 0.603. The molecule has 0 aromatic rings. The second-order valence-electron chi connectivity index (χ2n) is 10.6. The zero-order chi connectivity index (χ0) is 18.3. The number of rotatable bonds is 2. The molecule has 0 radical (unpaired) electrons. The number of allylic oxidation sites excluding steroid dienone is 1. The van der Waals surface area contributed by atoms with Crippen LogP contribution >= 0.6 is 0 Å². The zero-order valence-electron chi connectivity index (χ0n) is 16.7. The van der Waals surface area contributed by atoms with Crippen LogP contribution in [-0.2, 0) is 4.79 Å². The number of nitrogens with zero attached hydrogens (tertiary/aromatic N) is 1. The Balaban J connectivity index is 1.50. The molecule has 0 bridgehead atoms. The van der Waals surface area contributed by atoms with Gasteiger partial charge in [-0.25, -0.2) is 0 Å². The van der Waals surface area contributed by atoms with Crippen LogP contribution in [0.25, 0.3) is 0 Å². The highest BCUT2D eigenvalue weighted by Gasteiger charge is 2.63. The van der Waals surface area contributed by atoms with Crippen molar-refractivity contribution in [2.45, 2.75) is 77.9 Å². The van der Waals surface area contributed by atoms with Crippen molar-refractivity contribution in [2.24, 2.45) is 34.5 Å². The van der Waals surface area contributed by atoms with Crippen molar-refractivity contribution in [1.82, 2.24) is 4.90 Å². The molecule has 8 atom stereocenters. The Morgan fingerprint density at radius 2 is 1.96 bits per heavy atom. The van der Waals surface area contributed by atoms with Gasteiger partial charge in [0.2, 0.25) is 0 Å². The maximum Gasteiger partial charge on any atom is 0.135 e. The van der Waals surface area contributed by atoms with Gasteiger partial charge in [0.15, 0.2) is 0 Å². The molecule has 1 aliphatic heterocycles. The average Bonchev–Trinajstić information content (AvgIpc) is 3.37. The van der Waals surface area contributed by atoms with Gasteiger partial charge in [0.25, 0.3) is 0 Å². The van der Waals surface area contributed by atoms with Crippen LogP contribution < -0.4 is 0 Å². The maximum atomic E-state index is 12.7. The average molecular weight is 358 g/mol. The minimum absolute atomic E-state index is 0.125. The smallest absolute Gasteiger partial charge is 0.135 e. The van der Waals surface area contributed by atoms with Gasteiger partial charge in [0, 0.05) is 25.0 Å². The Morgan fingerprint density at radius 3 is 2.65 bits per heavy atom. The Morgan fingerprint density at radius 1 is 1.19 bits per heavy atom. The molecule has 144 valence electrons. The van der Waals surface area contributed by atoms with E-state index in [-0.39, 0.29) is 17.4 Å². The van der Waals surface area contributed by atoms with Crippen LogP contribution in [0.3, 0.4) is 0 Å². The molecule has 3 saturated carbocycles. The summed E-state index contributed by atoms with van der Waals surface area (Å²) in [6.07, 6.45) is 10.3. The number of hydrogen-bond acceptors (Lipinski definition) is 3. The van der Waals surface area contributed by atoms with Crippen molar-refractivity contribution >= 4 is 5.78 Å². The molecule has 5 aliphatic rings. The van der Waals surface area contributed by atoms with Crippen molar-refractivity contribution in [3.63, 3.8) is 0 Å². The molecule has 0 aromatic heterocycles. The van der Waals surface area contributed by atoms with Crippen molar-refractivity contribution < 1.29 is 9.90 Å². The minimum Gasteiger partial charge on any atom is -0.393 e. The predicted molar refractivity (Wildman–Crippen MR) is 103 cm³/mol. The lowest BCUT2D eigenvalue weighted by Crippen LogP contribution is -2.51. The third-order valence-electron chi connectivity index (χ3n) is 9.49. The van der Waals surface area contributed by atoms with Crippen LogP contribution in [0.2, 0.25) is 0 Å². The largest absolute Gasteiger partial charge is 0.393 e. The highest BCUT2D eigenvalue weighted by Crippen LogP contribution is 2.67. The second-order valence-corrected chi connectivity index (χ2v) is 10.6. The van der Waals surface area contributed by atoms with E-state index >= 15 is 0 Å². The number of carbonyl (C=O) groups excluding carboxylic acids is 1. The summed E-state index contributed by atoms with van der Waals surface area (Å²) in [5, 5.41) is 10.2. The molecule has 1 N–H and O–H groups in total. The van der Waals surface area contributed by atoms with Gasteiger partial charge in [-0.1, -0.05) is 25.5 Å². The Hall–Kier alpha value is -0.670. The number of hydrogen-bond donors (Lipinski definition) is 1. The summed E-state index contributed by atoms with van der Waals surface area (Å²) in [7, 11) is 0. The van der Waals surface area contributed by atoms with E-state index in [1.807, 2.05) is 6.92 Å². The van der Waals surface area contributed by atoms with Crippen LogP contribution in [-0.4, -0.2) is 41.0 Å². The van der Waals surface area contributed by atoms with Crippen molar-refractivity contribution in [2.75, 3.05) is 13.1 Å². The molecule has 5 rings (SSSR count). The van der Waals surface area contributed by atoms with Gasteiger partial charge in [0.1, 0.15) is 5.78 Å². The Labute approximate surface area is 158 Å². The summed E-state index contributed by atoms with van der Waals surface area (Å²) < 4.78 is 0. The highest BCUT2D eigenvalue weighted by molar-refractivity contribution is 5.80. The van der Waals surface area contributed by atoms with Crippen LogP contribution in [0.4, 0.5) is 0 Å². The van der Waals surface area contributed by atoms with E-state index in [1.165, 1.54) is 38.8 Å². The van der Waals surface area contributed by atoms with Crippen molar-refractivity contribution in [1.29, 1.82) is 0 Å². The SMILES string of the molecule is CC(=O)[C@H]1[C@@H](N2CC2)C[C@H]2[C@@H]3CC=C4C[C@@H](O)CC[C@]4(C)[C@H]3CC[C@@]21C. The monoisotopic (exact) mass is 357 g/mol. The van der Waals surface area contributed by atoms with Gasteiger partial charge >= 0.3 is 0 Å². The number of fused-ring (bicyclic) bond motifs is 5. The van der Waals surface area contributed by atoms with Gasteiger partial charge in [-0.2, -0.15) is 0 Å². The number of carbonyl (C=O) groups is 1. The first-order valence-corrected chi connectivity index (χ1v) is 11.0. The fourth-order valence-electron chi connectivity index (χ4n) is 8.14. The topological polar surface area (TPSA) is 40.3 Å². The first-order valence-electron chi connectivity index (χ1n) is 11.0. The van der Waals surface area contributed by atoms with Gasteiger partial charge in [-0.05, 0) is 80.5 Å². The number of ketones is 1. The van der Waals surface area contributed by atoms with E-state index in [9.17, 15) is 9.90 Å². The van der Waals surface area contributed by atoms with Crippen LogP contribution in [0, 0.1) is 34.5 Å². The standard InChI is InChI=1S/C23H35NO2/c1-14(25)21-20(24-10-11-24)13-19-17-5-4-15-12-16(26)6-8-22(15,2)18(17)7-9-23(19,21)3/h4,16-21,26H,5-13H2,1-3H3/t16-,17+,18-,19-,20-,21-,22-,23-/m0/s1. The lowest BCUT2D eigenvalue weighted by atomic mass is 9.47. The molecule has 0 amide bonds. The lowest BCUT2D eigenvalue weighted by molar-refractivity contribution is -0.128. The molecular weight excluding hydrogens is 322 g/mol. The summed E-state index contributed by atoms with van der Waals surface area (Å²) in [4.78, 5) is 15.2. The van der Waals surface area contributed by atoms with E-state index in [1.54, 1.807) is 5.57 Å². The molecule has 3 nitrogen and oxygen atoms in total. The Bertz CT molecular complexity index is 653. The molecular formula is C23H35NO2. The van der Waals surface area contributed by atoms with Gasteiger partial charge in [0.05, 0.1) is 6.10 Å². The minimum atomic E-state index is -0.125. The summed E-state index contributed by atoms with van der Waals surface area (Å²) in [5.74, 6) is 2.88. The van der Waals surface area contributed by atoms with Crippen LogP contribution in [0.1, 0.15) is 65.7 Å². The molecule has 1 heterocycles. The first-order chi connectivity index (χ1) is 12.3. The Kier molecular flexibility index (Phi) is 3.80. The zero-order valence-corrected chi connectivity index (χ0v) is 16.7. The summed E-state index contributed by atoms with van der Waals surface area (Å²) >= 11 is 0. The molecule has 3 heteroatoms. The molecule has 26 heavy (non-hydrogen) atoms. The van der Waals surface area contributed by atoms with Crippen LogP contribution in [0.15, 0.2) is 11.6 Å². The highest BCUT2D eigenvalue weighted by atomic mass is 16.3. The van der Waals surface area contributed by atoms with Crippen molar-refractivity contribution in [3.8, 4) is 0 Å². The molecule has 4 aliphatic carbocycles. The molecule has 1 saturated heterocycles. The summed E-state index contributed by atoms with van der Waals surface area (Å²) in [5.41, 5.74) is 2.05. The number of aliphatic hydroxyl groups excluding tert-OH is 1. The van der Waals surface area contributed by atoms with E-state index in [2.05, 4.69) is 24.8 Å². The normalized spacial score (nSPS) is 53.3. The van der Waals surface area contributed by atoms with Gasteiger partial charge in [-0.15, -0.1) is 0 Å². The van der Waals surface area contributed by atoms with E-state index in [0.717, 1.165) is 31.1 Å². The van der Waals surface area contributed by atoms with Crippen molar-refractivity contribution in [3.05, 3.63) is 11.6 Å². The summed E-state index contributed by atoms with van der Waals surface area (Å²) in [6.45, 7) is 9.19. The maximum absolute atomic E-state index is 12.7. The fourth-order valence-corrected chi connectivity index (χ4v) is 8.14. The molecule has 0 aromatic carbocycles. The second kappa shape index (κ2) is 5.67. The van der Waals surface area contributed by atoms with Crippen LogP contribution in [0.5, 0.6) is 0 Å². The number of Topliss-reactive ketones (excluding diaryl/α,β-unsaturated/α-hetero) is 1. The van der Waals surface area contributed by atoms with E-state index in [4.69, 9.17) is 0 Å². The molecule has 0 spiro atoms. The molecule has 4 fully saturated rings. The van der Waals surface area contributed by atoms with Gasteiger partial charge in [-0.3, -0.25) is 9.69 Å². The summed E-state index contributed by atoms with van der Waals surface area (Å²) in [6, 6.07) is 0.507. The third-order valence-corrected chi connectivity index (χ3v) is 9.49. The molecule has 0 unspecified atom stereocenters. The van der Waals surface area contributed by atoms with E-state index in [0.29, 0.717) is 23.2 Å². The van der Waals surface area contributed by atoms with E-state index < -0.39 is 0 Å². The predicted octanol–water partition coefficient (Wildman–Crippen LogP) is 3.81. The van der Waals surface area contributed by atoms with Gasteiger partial charge < -0.3 is 5.11 Å². The number of aliphatic hydroxyl groups is 1. The third kappa shape index (κ3) is 2.29. The lowest BCUT2D eigenvalue weighted by Gasteiger charge is -2.57. The first kappa shape index (κ1) is 17.4.